The topological polar surface area (TPSA) is 97.6 Å². The molecular weight excluding hydrogens is 354 g/mol. The van der Waals surface area contributed by atoms with Crippen LogP contribution in [0.3, 0.4) is 0 Å². The Bertz CT molecular complexity index is 1000. The number of methoxy groups -OCH3 is 1. The van der Waals surface area contributed by atoms with Crippen LogP contribution in [-0.2, 0) is 14.8 Å². The molecule has 0 fully saturated rings. The van der Waals surface area contributed by atoms with Gasteiger partial charge in [0, 0.05) is 43.9 Å². The fraction of sp³-hybridized carbons (Fsp3) is 0.294. The highest BCUT2D eigenvalue weighted by molar-refractivity contribution is 7.92. The van der Waals surface area contributed by atoms with Gasteiger partial charge in [-0.05, 0) is 18.6 Å². The molecule has 9 heteroatoms. The standard InChI is InChI=1S/C17H21N5O3S/c1-25-10-4-7-18-16-17-20-12-15(22(17)9-8-19-16)13-5-3-6-14(11-13)21-26(2,23)24/h3,5-6,8-9,11-12,21H,4,7,10H2,1-2H3,(H,18,19). The monoisotopic (exact) mass is 375 g/mol. The number of rotatable bonds is 8. The van der Waals surface area contributed by atoms with E-state index in [-0.39, 0.29) is 0 Å². The van der Waals surface area contributed by atoms with E-state index in [1.165, 1.54) is 0 Å². The van der Waals surface area contributed by atoms with Crippen LogP contribution in [0.25, 0.3) is 16.9 Å². The molecular formula is C17H21N5O3S. The van der Waals surface area contributed by atoms with Crippen LogP contribution < -0.4 is 10.0 Å². The van der Waals surface area contributed by atoms with Gasteiger partial charge in [-0.2, -0.15) is 0 Å². The summed E-state index contributed by atoms with van der Waals surface area (Å²) in [6.07, 6.45) is 7.27. The number of anilines is 2. The zero-order chi connectivity index (χ0) is 18.6. The van der Waals surface area contributed by atoms with Crippen LogP contribution in [0, 0.1) is 0 Å². The molecule has 0 saturated heterocycles. The highest BCUT2D eigenvalue weighted by Gasteiger charge is 2.11. The molecule has 0 aliphatic rings. The fourth-order valence-corrected chi connectivity index (χ4v) is 3.19. The number of benzene rings is 1. The third-order valence-corrected chi connectivity index (χ3v) is 4.31. The van der Waals surface area contributed by atoms with Crippen LogP contribution in [0.15, 0.2) is 42.9 Å². The van der Waals surface area contributed by atoms with Crippen LogP contribution >= 0.6 is 0 Å². The van der Waals surface area contributed by atoms with Crippen molar-refractivity contribution in [2.75, 3.05) is 36.6 Å². The molecule has 3 rings (SSSR count). The Morgan fingerprint density at radius 3 is 2.88 bits per heavy atom. The SMILES string of the molecule is COCCCNc1nccn2c(-c3cccc(NS(C)(=O)=O)c3)cnc12. The van der Waals surface area contributed by atoms with E-state index in [0.29, 0.717) is 23.8 Å². The van der Waals surface area contributed by atoms with Crippen LogP contribution in [0.5, 0.6) is 0 Å². The van der Waals surface area contributed by atoms with Gasteiger partial charge in [0.15, 0.2) is 11.5 Å². The number of hydrogen-bond donors (Lipinski definition) is 2. The summed E-state index contributed by atoms with van der Waals surface area (Å²) < 4.78 is 32.4. The van der Waals surface area contributed by atoms with Gasteiger partial charge in [-0.25, -0.2) is 18.4 Å². The highest BCUT2D eigenvalue weighted by Crippen LogP contribution is 2.25. The van der Waals surface area contributed by atoms with Crippen LogP contribution in [0.2, 0.25) is 0 Å². The first-order valence-corrected chi connectivity index (χ1v) is 10.00. The van der Waals surface area contributed by atoms with E-state index < -0.39 is 10.0 Å². The van der Waals surface area contributed by atoms with Crippen molar-refractivity contribution in [1.29, 1.82) is 0 Å². The number of nitrogens with one attached hydrogen (secondary N) is 2. The van der Waals surface area contributed by atoms with E-state index in [4.69, 9.17) is 4.74 Å². The van der Waals surface area contributed by atoms with E-state index in [9.17, 15) is 8.42 Å². The smallest absolute Gasteiger partial charge is 0.229 e. The normalized spacial score (nSPS) is 11.6. The van der Waals surface area contributed by atoms with Crippen LogP contribution in [0.1, 0.15) is 6.42 Å². The van der Waals surface area contributed by atoms with Gasteiger partial charge in [0.2, 0.25) is 10.0 Å². The number of hydrogen-bond acceptors (Lipinski definition) is 6. The molecule has 0 spiro atoms. The Balaban J connectivity index is 1.91. The first-order valence-electron chi connectivity index (χ1n) is 8.11. The van der Waals surface area contributed by atoms with Gasteiger partial charge >= 0.3 is 0 Å². The van der Waals surface area contributed by atoms with Crippen molar-refractivity contribution >= 4 is 27.2 Å². The summed E-state index contributed by atoms with van der Waals surface area (Å²) in [7, 11) is -1.66. The number of nitrogens with zero attached hydrogens (tertiary/aromatic N) is 3. The number of ether oxygens (including phenoxy) is 1. The summed E-state index contributed by atoms with van der Waals surface area (Å²) in [4.78, 5) is 8.82. The van der Waals surface area contributed by atoms with E-state index in [0.717, 1.165) is 30.5 Å². The summed E-state index contributed by atoms with van der Waals surface area (Å²) in [5, 5.41) is 3.26. The summed E-state index contributed by atoms with van der Waals surface area (Å²) >= 11 is 0. The molecule has 0 aliphatic heterocycles. The third kappa shape index (κ3) is 4.30. The number of aromatic nitrogens is 3. The zero-order valence-electron chi connectivity index (χ0n) is 14.6. The van der Waals surface area contributed by atoms with Crippen molar-refractivity contribution in [2.45, 2.75) is 6.42 Å². The summed E-state index contributed by atoms with van der Waals surface area (Å²) in [5.41, 5.74) is 2.91. The van der Waals surface area contributed by atoms with Crippen molar-refractivity contribution in [3.63, 3.8) is 0 Å². The van der Waals surface area contributed by atoms with Crippen molar-refractivity contribution in [3.05, 3.63) is 42.9 Å². The van der Waals surface area contributed by atoms with Gasteiger partial charge in [0.25, 0.3) is 0 Å². The Morgan fingerprint density at radius 1 is 1.27 bits per heavy atom. The molecule has 0 radical (unpaired) electrons. The lowest BCUT2D eigenvalue weighted by molar-refractivity contribution is 0.198. The second kappa shape index (κ2) is 7.71. The van der Waals surface area contributed by atoms with E-state index in [1.807, 2.05) is 16.7 Å². The lowest BCUT2D eigenvalue weighted by atomic mass is 10.1. The van der Waals surface area contributed by atoms with Gasteiger partial charge in [0.1, 0.15) is 0 Å². The van der Waals surface area contributed by atoms with Gasteiger partial charge in [-0.15, -0.1) is 0 Å². The fourth-order valence-electron chi connectivity index (χ4n) is 2.64. The molecule has 0 saturated carbocycles. The van der Waals surface area contributed by atoms with E-state index in [2.05, 4.69) is 20.0 Å². The minimum atomic E-state index is -3.33. The van der Waals surface area contributed by atoms with Crippen molar-refractivity contribution in [3.8, 4) is 11.3 Å². The maximum atomic E-state index is 11.4. The maximum Gasteiger partial charge on any atom is 0.229 e. The molecule has 26 heavy (non-hydrogen) atoms. The Kier molecular flexibility index (Phi) is 5.38. The molecule has 0 atom stereocenters. The van der Waals surface area contributed by atoms with Crippen molar-refractivity contribution in [2.24, 2.45) is 0 Å². The maximum absolute atomic E-state index is 11.4. The lowest BCUT2D eigenvalue weighted by Gasteiger charge is -2.09. The first kappa shape index (κ1) is 18.2. The van der Waals surface area contributed by atoms with Gasteiger partial charge < -0.3 is 10.1 Å². The molecule has 0 bridgehead atoms. The summed E-state index contributed by atoms with van der Waals surface area (Å²) in [5.74, 6) is 0.695. The Labute approximate surface area is 152 Å². The van der Waals surface area contributed by atoms with E-state index >= 15 is 0 Å². The molecule has 0 aliphatic carbocycles. The third-order valence-electron chi connectivity index (χ3n) is 3.71. The van der Waals surface area contributed by atoms with Gasteiger partial charge in [0.05, 0.1) is 18.1 Å². The quantitative estimate of drug-likeness (QED) is 0.586. The zero-order valence-corrected chi connectivity index (χ0v) is 15.5. The average molecular weight is 375 g/mol. The summed E-state index contributed by atoms with van der Waals surface area (Å²) in [6, 6.07) is 7.19. The molecule has 3 aromatic rings. The van der Waals surface area contributed by atoms with Crippen LogP contribution in [0.4, 0.5) is 11.5 Å². The number of sulfonamides is 1. The average Bonchev–Trinajstić information content (AvgIpc) is 3.02. The summed E-state index contributed by atoms with van der Waals surface area (Å²) in [6.45, 7) is 1.41. The molecule has 0 amide bonds. The largest absolute Gasteiger partial charge is 0.385 e. The molecule has 0 unspecified atom stereocenters. The molecule has 2 heterocycles. The van der Waals surface area contributed by atoms with Gasteiger partial charge in [-0.1, -0.05) is 12.1 Å². The highest BCUT2D eigenvalue weighted by atomic mass is 32.2. The lowest BCUT2D eigenvalue weighted by Crippen LogP contribution is -2.09. The second-order valence-electron chi connectivity index (χ2n) is 5.84. The molecule has 1 aromatic carbocycles. The minimum absolute atomic E-state index is 0.506. The second-order valence-corrected chi connectivity index (χ2v) is 7.59. The van der Waals surface area contributed by atoms with Gasteiger partial charge in [-0.3, -0.25) is 9.12 Å². The van der Waals surface area contributed by atoms with Crippen molar-refractivity contribution < 1.29 is 13.2 Å². The van der Waals surface area contributed by atoms with Crippen LogP contribution in [-0.4, -0.2) is 49.3 Å². The van der Waals surface area contributed by atoms with Crippen molar-refractivity contribution in [1.82, 2.24) is 14.4 Å². The molecule has 2 aromatic heterocycles. The number of fused-ring (bicyclic) bond motifs is 1. The first-order chi connectivity index (χ1) is 12.5. The minimum Gasteiger partial charge on any atom is -0.385 e. The number of imidazole rings is 1. The predicted molar refractivity (Wildman–Crippen MR) is 102 cm³/mol. The predicted octanol–water partition coefficient (Wildman–Crippen LogP) is 2.22. The Hall–Kier alpha value is -2.65. The molecule has 2 N–H and O–H groups in total. The molecule has 8 nitrogen and oxygen atoms in total. The molecule has 138 valence electrons. The Morgan fingerprint density at radius 2 is 2.12 bits per heavy atom. The van der Waals surface area contributed by atoms with E-state index in [1.54, 1.807) is 37.7 Å².